The van der Waals surface area contributed by atoms with E-state index < -0.39 is 0 Å². The van der Waals surface area contributed by atoms with Gasteiger partial charge in [0.1, 0.15) is 5.75 Å². The summed E-state index contributed by atoms with van der Waals surface area (Å²) >= 11 is 0. The topological polar surface area (TPSA) is 61.4 Å². The average molecular weight is 282 g/mol. The van der Waals surface area contributed by atoms with Crippen molar-refractivity contribution in [2.45, 2.75) is 19.3 Å². The molecule has 0 aliphatic carbocycles. The fraction of sp³-hybridized carbons (Fsp3) is 0.235. The second-order valence-corrected chi connectivity index (χ2v) is 5.32. The monoisotopic (exact) mass is 282 g/mol. The Morgan fingerprint density at radius 1 is 1.24 bits per heavy atom. The van der Waals surface area contributed by atoms with Gasteiger partial charge in [-0.25, -0.2) is 0 Å². The lowest BCUT2D eigenvalue weighted by molar-refractivity contribution is -0.117. The lowest BCUT2D eigenvalue weighted by Gasteiger charge is -2.26. The molecule has 3 N–H and O–H groups in total. The molecule has 21 heavy (non-hydrogen) atoms. The predicted octanol–water partition coefficient (Wildman–Crippen LogP) is 3.24. The van der Waals surface area contributed by atoms with Crippen molar-refractivity contribution in [3.63, 3.8) is 0 Å². The molecule has 1 heterocycles. The molecule has 4 heteroatoms. The van der Waals surface area contributed by atoms with E-state index in [1.165, 1.54) is 0 Å². The van der Waals surface area contributed by atoms with Crippen molar-refractivity contribution in [3.05, 3.63) is 53.6 Å². The maximum atomic E-state index is 12.5. The Morgan fingerprint density at radius 2 is 2.05 bits per heavy atom. The fourth-order valence-electron chi connectivity index (χ4n) is 2.72. The third kappa shape index (κ3) is 2.57. The third-order valence-corrected chi connectivity index (χ3v) is 3.90. The van der Waals surface area contributed by atoms with Crippen molar-refractivity contribution < 1.29 is 9.90 Å². The molecule has 0 fully saturated rings. The zero-order chi connectivity index (χ0) is 14.8. The molecule has 2 aromatic carbocycles. The number of benzene rings is 2. The summed E-state index contributed by atoms with van der Waals surface area (Å²) in [5, 5.41) is 16.2. The van der Waals surface area contributed by atoms with Gasteiger partial charge in [-0.05, 0) is 36.6 Å². The molecule has 0 saturated carbocycles. The summed E-state index contributed by atoms with van der Waals surface area (Å²) in [6, 6.07) is 13.2. The molecule has 2 aromatic rings. The van der Waals surface area contributed by atoms with Crippen LogP contribution in [0.1, 0.15) is 23.5 Å². The van der Waals surface area contributed by atoms with Crippen LogP contribution in [0.25, 0.3) is 0 Å². The molecule has 1 aliphatic heterocycles. The Balaban J connectivity index is 1.85. The van der Waals surface area contributed by atoms with Crippen molar-refractivity contribution in [2.24, 2.45) is 0 Å². The maximum Gasteiger partial charge on any atom is 0.232 e. The first-order chi connectivity index (χ1) is 10.2. The number of fused-ring (bicyclic) bond motifs is 1. The second kappa shape index (κ2) is 5.48. The van der Waals surface area contributed by atoms with Gasteiger partial charge in [0, 0.05) is 12.2 Å². The summed E-state index contributed by atoms with van der Waals surface area (Å²) in [4.78, 5) is 12.5. The van der Waals surface area contributed by atoms with E-state index in [0.29, 0.717) is 5.69 Å². The molecule has 0 saturated heterocycles. The molecule has 0 bridgehead atoms. The van der Waals surface area contributed by atoms with Crippen LogP contribution in [-0.2, 0) is 4.79 Å². The van der Waals surface area contributed by atoms with E-state index in [0.717, 1.165) is 29.8 Å². The zero-order valence-corrected chi connectivity index (χ0v) is 11.9. The normalized spacial score (nSPS) is 16.7. The van der Waals surface area contributed by atoms with Crippen LogP contribution < -0.4 is 10.6 Å². The summed E-state index contributed by atoms with van der Waals surface area (Å²) in [7, 11) is 0. The lowest BCUT2D eigenvalue weighted by atomic mass is 9.90. The Bertz CT molecular complexity index is 682. The minimum absolute atomic E-state index is 0.0788. The number of para-hydroxylation sites is 2. The van der Waals surface area contributed by atoms with E-state index >= 15 is 0 Å². The molecule has 1 aliphatic rings. The van der Waals surface area contributed by atoms with Gasteiger partial charge in [0.15, 0.2) is 0 Å². The number of phenolic OH excluding ortho intramolecular Hbond substituents is 1. The number of rotatable bonds is 2. The van der Waals surface area contributed by atoms with Crippen LogP contribution in [0.2, 0.25) is 0 Å². The van der Waals surface area contributed by atoms with Gasteiger partial charge >= 0.3 is 0 Å². The molecule has 1 atom stereocenters. The molecule has 108 valence electrons. The van der Waals surface area contributed by atoms with Gasteiger partial charge < -0.3 is 15.7 Å². The number of aryl methyl sites for hydroxylation is 1. The smallest absolute Gasteiger partial charge is 0.232 e. The van der Waals surface area contributed by atoms with Crippen LogP contribution in [0, 0.1) is 6.92 Å². The van der Waals surface area contributed by atoms with Crippen molar-refractivity contribution in [2.75, 3.05) is 17.2 Å². The molecule has 0 radical (unpaired) electrons. The van der Waals surface area contributed by atoms with Gasteiger partial charge in [-0.15, -0.1) is 0 Å². The Labute approximate surface area is 123 Å². The summed E-state index contributed by atoms with van der Waals surface area (Å²) in [6.45, 7) is 2.58. The average Bonchev–Trinajstić information content (AvgIpc) is 2.51. The van der Waals surface area contributed by atoms with E-state index in [1.807, 2.05) is 43.3 Å². The molecule has 1 unspecified atom stereocenters. The summed E-state index contributed by atoms with van der Waals surface area (Å²) < 4.78 is 0. The fourth-order valence-corrected chi connectivity index (χ4v) is 2.72. The van der Waals surface area contributed by atoms with Gasteiger partial charge in [0.05, 0.1) is 11.6 Å². The Kier molecular flexibility index (Phi) is 3.52. The zero-order valence-electron chi connectivity index (χ0n) is 11.9. The van der Waals surface area contributed by atoms with Crippen molar-refractivity contribution in [1.82, 2.24) is 0 Å². The van der Waals surface area contributed by atoms with Crippen LogP contribution in [0.5, 0.6) is 5.75 Å². The maximum absolute atomic E-state index is 12.5. The number of phenols is 1. The quantitative estimate of drug-likeness (QED) is 0.741. The molecular weight excluding hydrogens is 264 g/mol. The number of carbonyl (C=O) groups excluding carboxylic acids is 1. The first-order valence-electron chi connectivity index (χ1n) is 7.09. The summed E-state index contributed by atoms with van der Waals surface area (Å²) in [6.07, 6.45) is 0.745. The highest BCUT2D eigenvalue weighted by atomic mass is 16.3. The molecule has 4 nitrogen and oxygen atoms in total. The van der Waals surface area contributed by atoms with Gasteiger partial charge in [-0.2, -0.15) is 0 Å². The number of aromatic hydroxyl groups is 1. The summed E-state index contributed by atoms with van der Waals surface area (Å²) in [5.74, 6) is -0.139. The van der Waals surface area contributed by atoms with Crippen LogP contribution >= 0.6 is 0 Å². The Morgan fingerprint density at radius 3 is 2.90 bits per heavy atom. The summed E-state index contributed by atoms with van der Waals surface area (Å²) in [5.41, 5.74) is 3.24. The van der Waals surface area contributed by atoms with E-state index in [2.05, 4.69) is 10.6 Å². The standard InChI is InChI=1S/C17H18N2O2/c1-11-5-4-8-15(16(11)20)19-17(21)13-9-10-18-14-7-3-2-6-12(13)14/h2-8,13,18,20H,9-10H2,1H3,(H,19,21). The van der Waals surface area contributed by atoms with Crippen LogP contribution in [-0.4, -0.2) is 17.6 Å². The van der Waals surface area contributed by atoms with Gasteiger partial charge in [-0.3, -0.25) is 4.79 Å². The van der Waals surface area contributed by atoms with Crippen molar-refractivity contribution >= 4 is 17.3 Å². The minimum atomic E-state index is -0.192. The third-order valence-electron chi connectivity index (χ3n) is 3.90. The lowest BCUT2D eigenvalue weighted by Crippen LogP contribution is -2.27. The molecular formula is C17H18N2O2. The van der Waals surface area contributed by atoms with Crippen LogP contribution in [0.3, 0.4) is 0 Å². The van der Waals surface area contributed by atoms with Gasteiger partial charge in [-0.1, -0.05) is 30.3 Å². The predicted molar refractivity (Wildman–Crippen MR) is 83.8 cm³/mol. The van der Waals surface area contributed by atoms with E-state index in [9.17, 15) is 9.90 Å². The molecule has 0 spiro atoms. The number of amides is 1. The molecule has 3 rings (SSSR count). The minimum Gasteiger partial charge on any atom is -0.505 e. The molecule has 1 amide bonds. The van der Waals surface area contributed by atoms with E-state index in [1.54, 1.807) is 6.07 Å². The van der Waals surface area contributed by atoms with Crippen molar-refractivity contribution in [3.8, 4) is 5.75 Å². The number of anilines is 2. The highest BCUT2D eigenvalue weighted by Crippen LogP contribution is 2.33. The Hall–Kier alpha value is -2.49. The van der Waals surface area contributed by atoms with Gasteiger partial charge in [0.2, 0.25) is 5.91 Å². The highest BCUT2D eigenvalue weighted by molar-refractivity contribution is 5.98. The number of nitrogens with one attached hydrogen (secondary N) is 2. The SMILES string of the molecule is Cc1cccc(NC(=O)C2CCNc3ccccc32)c1O. The largest absolute Gasteiger partial charge is 0.505 e. The molecule has 0 aromatic heterocycles. The second-order valence-electron chi connectivity index (χ2n) is 5.32. The highest BCUT2D eigenvalue weighted by Gasteiger charge is 2.26. The number of hydrogen-bond acceptors (Lipinski definition) is 3. The number of carbonyl (C=O) groups is 1. The number of hydrogen-bond donors (Lipinski definition) is 3. The van der Waals surface area contributed by atoms with Crippen LogP contribution in [0.15, 0.2) is 42.5 Å². The first kappa shape index (κ1) is 13.5. The first-order valence-corrected chi connectivity index (χ1v) is 7.09. The van der Waals surface area contributed by atoms with Gasteiger partial charge in [0.25, 0.3) is 0 Å². The van der Waals surface area contributed by atoms with Crippen LogP contribution in [0.4, 0.5) is 11.4 Å². The van der Waals surface area contributed by atoms with Crippen molar-refractivity contribution in [1.29, 1.82) is 0 Å². The van der Waals surface area contributed by atoms with E-state index in [4.69, 9.17) is 0 Å². The van der Waals surface area contributed by atoms with E-state index in [-0.39, 0.29) is 17.6 Å².